The lowest BCUT2D eigenvalue weighted by molar-refractivity contribution is -0.00722. The van der Waals surface area contributed by atoms with Crippen molar-refractivity contribution in [3.63, 3.8) is 0 Å². The first-order valence-corrected chi connectivity index (χ1v) is 6.32. The van der Waals surface area contributed by atoms with E-state index in [1.54, 1.807) is 0 Å². The van der Waals surface area contributed by atoms with Gasteiger partial charge in [-0.3, -0.25) is 0 Å². The van der Waals surface area contributed by atoms with Gasteiger partial charge < -0.3 is 9.47 Å². The summed E-state index contributed by atoms with van der Waals surface area (Å²) in [5.74, 6) is 0. The maximum Gasteiger partial charge on any atom is 0.0704 e. The van der Waals surface area contributed by atoms with Gasteiger partial charge in [0, 0.05) is 3.92 Å². The largest absolute Gasteiger partial charge is 0.376 e. The van der Waals surface area contributed by atoms with Crippen LogP contribution < -0.4 is 0 Å². The van der Waals surface area contributed by atoms with Gasteiger partial charge in [-0.2, -0.15) is 0 Å². The Balaban J connectivity index is 1.99. The highest BCUT2D eigenvalue weighted by molar-refractivity contribution is 14.1. The molecule has 2 atom stereocenters. The Morgan fingerprint density at radius 1 is 1.31 bits per heavy atom. The van der Waals surface area contributed by atoms with Crippen LogP contribution in [-0.2, 0) is 9.47 Å². The number of hydrogen-bond acceptors (Lipinski definition) is 2. The molecule has 3 heteroatoms. The van der Waals surface area contributed by atoms with Crippen LogP contribution in [0.25, 0.3) is 0 Å². The van der Waals surface area contributed by atoms with Crippen molar-refractivity contribution in [3.8, 4) is 0 Å². The number of alkyl halides is 1. The third-order valence-electron chi connectivity index (χ3n) is 2.24. The number of hydrogen-bond donors (Lipinski definition) is 0. The van der Waals surface area contributed by atoms with E-state index in [0.29, 0.717) is 12.2 Å². The van der Waals surface area contributed by atoms with Crippen LogP contribution in [0.1, 0.15) is 33.1 Å². The van der Waals surface area contributed by atoms with Crippen LogP contribution >= 0.6 is 22.6 Å². The fraction of sp³-hybridized carbons (Fsp3) is 1.00. The van der Waals surface area contributed by atoms with Crippen molar-refractivity contribution < 1.29 is 9.47 Å². The predicted octanol–water partition coefficient (Wildman–Crippen LogP) is 2.78. The van der Waals surface area contributed by atoms with Crippen molar-refractivity contribution in [1.29, 1.82) is 0 Å². The number of halogens is 1. The Kier molecular flexibility index (Phi) is 5.58. The Bertz CT molecular complexity index is 139. The molecule has 0 amide bonds. The van der Waals surface area contributed by atoms with E-state index in [2.05, 4.69) is 36.4 Å². The molecular formula is C10H19IO2. The molecule has 0 aromatic heterocycles. The summed E-state index contributed by atoms with van der Waals surface area (Å²) in [5.41, 5.74) is 0. The minimum Gasteiger partial charge on any atom is -0.376 e. The van der Waals surface area contributed by atoms with Crippen molar-refractivity contribution in [3.05, 3.63) is 0 Å². The topological polar surface area (TPSA) is 18.5 Å². The van der Waals surface area contributed by atoms with Gasteiger partial charge in [-0.15, -0.1) is 0 Å². The van der Waals surface area contributed by atoms with Crippen LogP contribution in [0.2, 0.25) is 0 Å². The first-order valence-electron chi connectivity index (χ1n) is 5.07. The molecule has 78 valence electrons. The summed E-state index contributed by atoms with van der Waals surface area (Å²) >= 11 is 2.49. The highest BCUT2D eigenvalue weighted by Gasteiger charge is 2.24. The Morgan fingerprint density at radius 3 is 2.62 bits per heavy atom. The van der Waals surface area contributed by atoms with Gasteiger partial charge in [0.25, 0.3) is 0 Å². The molecule has 0 heterocycles. The lowest BCUT2D eigenvalue weighted by Gasteiger charge is -2.15. The number of ether oxygens (including phenoxy) is 2. The Labute approximate surface area is 94.5 Å². The lowest BCUT2D eigenvalue weighted by atomic mass is 10.3. The third-order valence-corrected chi connectivity index (χ3v) is 3.66. The molecule has 2 unspecified atom stereocenters. The van der Waals surface area contributed by atoms with E-state index in [9.17, 15) is 0 Å². The summed E-state index contributed by atoms with van der Waals surface area (Å²) < 4.78 is 11.9. The van der Waals surface area contributed by atoms with Crippen molar-refractivity contribution in [2.75, 3.05) is 13.2 Å². The molecule has 0 aromatic carbocycles. The summed E-state index contributed by atoms with van der Waals surface area (Å²) in [6.07, 6.45) is 4.67. The standard InChI is InChI=1S/C10H19IO2/c1-8(2)12-6-7-13-10-5-3-4-9(10)11/h8-10H,3-7H2,1-2H3. The maximum absolute atomic E-state index is 5.73. The maximum atomic E-state index is 5.73. The Hall–Kier alpha value is 0.650. The van der Waals surface area contributed by atoms with Gasteiger partial charge in [0.15, 0.2) is 0 Å². The summed E-state index contributed by atoms with van der Waals surface area (Å²) in [7, 11) is 0. The van der Waals surface area contributed by atoms with Crippen LogP contribution in [-0.4, -0.2) is 29.3 Å². The molecule has 0 bridgehead atoms. The summed E-state index contributed by atoms with van der Waals surface area (Å²) in [6.45, 7) is 5.59. The molecule has 0 spiro atoms. The van der Waals surface area contributed by atoms with E-state index < -0.39 is 0 Å². The van der Waals surface area contributed by atoms with E-state index in [4.69, 9.17) is 9.47 Å². The van der Waals surface area contributed by atoms with Crippen molar-refractivity contribution in [2.45, 2.75) is 49.2 Å². The molecule has 2 nitrogen and oxygen atoms in total. The molecule has 0 aliphatic heterocycles. The third kappa shape index (κ3) is 4.61. The SMILES string of the molecule is CC(C)OCCOC1CCCC1I. The van der Waals surface area contributed by atoms with Gasteiger partial charge in [-0.05, 0) is 33.1 Å². The van der Waals surface area contributed by atoms with Gasteiger partial charge in [-0.25, -0.2) is 0 Å². The fourth-order valence-corrected chi connectivity index (χ4v) is 2.56. The highest BCUT2D eigenvalue weighted by Crippen LogP contribution is 2.28. The minimum absolute atomic E-state index is 0.322. The molecule has 0 saturated heterocycles. The zero-order chi connectivity index (χ0) is 9.68. The van der Waals surface area contributed by atoms with E-state index in [1.807, 2.05) is 0 Å². The number of rotatable bonds is 5. The molecule has 1 aliphatic rings. The van der Waals surface area contributed by atoms with Gasteiger partial charge >= 0.3 is 0 Å². The first kappa shape index (κ1) is 11.7. The van der Waals surface area contributed by atoms with Crippen LogP contribution in [0.4, 0.5) is 0 Å². The summed E-state index contributed by atoms with van der Waals surface area (Å²) in [4.78, 5) is 0. The van der Waals surface area contributed by atoms with E-state index in [1.165, 1.54) is 19.3 Å². The first-order chi connectivity index (χ1) is 6.20. The van der Waals surface area contributed by atoms with Gasteiger partial charge in [0.05, 0.1) is 25.4 Å². The molecule has 0 aromatic rings. The normalized spacial score (nSPS) is 28.6. The summed E-state index contributed by atoms with van der Waals surface area (Å²) in [6, 6.07) is 0. The molecule has 0 radical (unpaired) electrons. The highest BCUT2D eigenvalue weighted by atomic mass is 127. The van der Waals surface area contributed by atoms with Crippen molar-refractivity contribution >= 4 is 22.6 Å². The Morgan fingerprint density at radius 2 is 2.08 bits per heavy atom. The smallest absolute Gasteiger partial charge is 0.0704 e. The average molecular weight is 298 g/mol. The quantitative estimate of drug-likeness (QED) is 0.441. The lowest BCUT2D eigenvalue weighted by Crippen LogP contribution is -2.21. The molecule has 1 fully saturated rings. The van der Waals surface area contributed by atoms with Crippen LogP contribution in [0.15, 0.2) is 0 Å². The molecule has 1 saturated carbocycles. The molecule has 13 heavy (non-hydrogen) atoms. The second-order valence-corrected chi connectivity index (χ2v) is 5.38. The van der Waals surface area contributed by atoms with Crippen LogP contribution in [0.5, 0.6) is 0 Å². The zero-order valence-electron chi connectivity index (χ0n) is 8.46. The zero-order valence-corrected chi connectivity index (χ0v) is 10.6. The second-order valence-electron chi connectivity index (χ2n) is 3.78. The van der Waals surface area contributed by atoms with Gasteiger partial charge in [0.1, 0.15) is 0 Å². The van der Waals surface area contributed by atoms with E-state index >= 15 is 0 Å². The molecule has 1 rings (SSSR count). The fourth-order valence-electron chi connectivity index (χ4n) is 1.55. The minimum atomic E-state index is 0.322. The van der Waals surface area contributed by atoms with Crippen molar-refractivity contribution in [1.82, 2.24) is 0 Å². The molecule has 0 N–H and O–H groups in total. The second kappa shape index (κ2) is 6.19. The van der Waals surface area contributed by atoms with Gasteiger partial charge in [0.2, 0.25) is 0 Å². The predicted molar refractivity (Wildman–Crippen MR) is 62.5 cm³/mol. The van der Waals surface area contributed by atoms with Crippen molar-refractivity contribution in [2.24, 2.45) is 0 Å². The molecule has 1 aliphatic carbocycles. The van der Waals surface area contributed by atoms with E-state index in [-0.39, 0.29) is 0 Å². The van der Waals surface area contributed by atoms with Crippen LogP contribution in [0, 0.1) is 0 Å². The molecular weight excluding hydrogens is 279 g/mol. The van der Waals surface area contributed by atoms with E-state index in [0.717, 1.165) is 17.1 Å². The summed E-state index contributed by atoms with van der Waals surface area (Å²) in [5, 5.41) is 0. The average Bonchev–Trinajstić information content (AvgIpc) is 2.45. The van der Waals surface area contributed by atoms with Gasteiger partial charge in [-0.1, -0.05) is 22.6 Å². The van der Waals surface area contributed by atoms with Crippen LogP contribution in [0.3, 0.4) is 0 Å². The monoisotopic (exact) mass is 298 g/mol.